The van der Waals surface area contributed by atoms with Crippen molar-refractivity contribution in [2.75, 3.05) is 5.32 Å². The lowest BCUT2D eigenvalue weighted by Gasteiger charge is -2.21. The minimum absolute atomic E-state index is 0.0687. The highest BCUT2D eigenvalue weighted by atomic mass is 32.2. The Morgan fingerprint density at radius 3 is 2.58 bits per heavy atom. The van der Waals surface area contributed by atoms with E-state index in [-0.39, 0.29) is 10.5 Å². The number of hydrogen-bond donors (Lipinski definition) is 1. The Morgan fingerprint density at radius 1 is 1.37 bits per heavy atom. The van der Waals surface area contributed by atoms with E-state index in [0.29, 0.717) is 5.92 Å². The molecule has 1 unspecified atom stereocenters. The summed E-state index contributed by atoms with van der Waals surface area (Å²) in [6.45, 7) is 4.24. The fraction of sp³-hybridized carbons (Fsp3) is 0.667. The van der Waals surface area contributed by atoms with E-state index in [1.807, 2.05) is 0 Å². The quantitative estimate of drug-likeness (QED) is 0.853. The second-order valence-electron chi connectivity index (χ2n) is 5.20. The fourth-order valence-electron chi connectivity index (χ4n) is 3.15. The van der Waals surface area contributed by atoms with Crippen LogP contribution < -0.4 is 10.4 Å². The Hall–Kier alpha value is -1.03. The zero-order valence-corrected chi connectivity index (χ0v) is 12.6. The van der Waals surface area contributed by atoms with Crippen LogP contribution in [0, 0.1) is 0 Å². The summed E-state index contributed by atoms with van der Waals surface area (Å²) in [7, 11) is -0.0687. The molecule has 1 N–H and O–H groups in total. The summed E-state index contributed by atoms with van der Waals surface area (Å²) in [6, 6.07) is 0. The summed E-state index contributed by atoms with van der Waals surface area (Å²) < 4.78 is 0. The molecule has 1 aromatic rings. The van der Waals surface area contributed by atoms with E-state index in [0.717, 1.165) is 17.2 Å². The van der Waals surface area contributed by atoms with Gasteiger partial charge in [0.1, 0.15) is 17.2 Å². The summed E-state index contributed by atoms with van der Waals surface area (Å²) in [4.78, 5) is 10.9. The molecule has 1 amide bonds. The van der Waals surface area contributed by atoms with Crippen LogP contribution in [0.4, 0.5) is 9.80 Å². The lowest BCUT2D eigenvalue weighted by molar-refractivity contribution is -0.242. The maximum absolute atomic E-state index is 10.9. The maximum Gasteiger partial charge on any atom is 0.249 e. The lowest BCUT2D eigenvalue weighted by Crippen LogP contribution is -2.29. The third-order valence-corrected chi connectivity index (χ3v) is 6.11. The highest BCUT2D eigenvalue weighted by molar-refractivity contribution is 7.33. The molecule has 0 saturated heterocycles. The number of hydrogen-bond acceptors (Lipinski definition) is 2. The first-order valence-corrected chi connectivity index (χ1v) is 8.76. The van der Waals surface area contributed by atoms with Crippen molar-refractivity contribution in [2.24, 2.45) is 0 Å². The van der Waals surface area contributed by atoms with Crippen molar-refractivity contribution in [3.63, 3.8) is 0 Å². The van der Waals surface area contributed by atoms with Crippen LogP contribution in [-0.4, -0.2) is 6.09 Å². The molecule has 1 fully saturated rings. The van der Waals surface area contributed by atoms with Crippen LogP contribution in [0.1, 0.15) is 63.0 Å². The maximum atomic E-state index is 10.9. The summed E-state index contributed by atoms with van der Waals surface area (Å²) in [5.41, 5.74) is 2.66. The van der Waals surface area contributed by atoms with Crippen molar-refractivity contribution >= 4 is 21.6 Å². The van der Waals surface area contributed by atoms with E-state index in [2.05, 4.69) is 24.5 Å². The van der Waals surface area contributed by atoms with Crippen molar-refractivity contribution in [3.05, 3.63) is 16.5 Å². The van der Waals surface area contributed by atoms with Gasteiger partial charge in [-0.1, -0.05) is 26.2 Å². The van der Waals surface area contributed by atoms with Gasteiger partial charge in [0, 0.05) is 21.6 Å². The molecule has 19 heavy (non-hydrogen) atoms. The molecule has 2 rings (SSSR count). The van der Waals surface area contributed by atoms with Gasteiger partial charge in [0.2, 0.25) is 5.00 Å². The Morgan fingerprint density at radius 2 is 2.05 bits per heavy atom. The second kappa shape index (κ2) is 6.42. The molecule has 0 bridgehead atoms. The Balaban J connectivity index is 2.36. The van der Waals surface area contributed by atoms with E-state index in [1.54, 1.807) is 0 Å². The van der Waals surface area contributed by atoms with Gasteiger partial charge in [-0.2, -0.15) is 0 Å². The standard InChI is InChI=1S/C15H23NO2S/c1-3-12-13(11-8-6-5-7-9-11)10-19(4-2)14(12)16-15(17)18/h10-11,16H,3-9H2,1-2H3. The molecule has 0 aliphatic heterocycles. The van der Waals surface area contributed by atoms with E-state index in [9.17, 15) is 9.90 Å². The molecule has 3 nitrogen and oxygen atoms in total. The van der Waals surface area contributed by atoms with E-state index >= 15 is 0 Å². The molecule has 1 aromatic heterocycles. The number of anilines is 1. The predicted octanol–water partition coefficient (Wildman–Crippen LogP) is 3.82. The molecular formula is C15H23NO2S. The van der Waals surface area contributed by atoms with E-state index in [1.165, 1.54) is 43.2 Å². The van der Waals surface area contributed by atoms with Crippen LogP contribution in [0.2, 0.25) is 0 Å². The van der Waals surface area contributed by atoms with Gasteiger partial charge in [-0.05, 0) is 32.1 Å². The fourth-order valence-corrected chi connectivity index (χ4v) is 5.16. The highest BCUT2D eigenvalue weighted by Gasteiger charge is 2.28. The Bertz CT molecular complexity index is 447. The van der Waals surface area contributed by atoms with Crippen molar-refractivity contribution in [2.45, 2.75) is 64.0 Å². The lowest BCUT2D eigenvalue weighted by atomic mass is 9.83. The number of carbonyl (C=O) groups is 1. The average molecular weight is 281 g/mol. The molecule has 106 valence electrons. The van der Waals surface area contributed by atoms with Gasteiger partial charge in [0.05, 0.1) is 0 Å². The van der Waals surface area contributed by atoms with Gasteiger partial charge in [-0.3, -0.25) is 5.32 Å². The zero-order valence-electron chi connectivity index (χ0n) is 11.8. The normalized spacial score (nSPS) is 17.5. The summed E-state index contributed by atoms with van der Waals surface area (Å²) in [5, 5.41) is 16.7. The van der Waals surface area contributed by atoms with Crippen LogP contribution in [0.25, 0.3) is 0 Å². The number of aryl methyl sites for hydroxylation is 1. The van der Waals surface area contributed by atoms with Crippen LogP contribution in [0.15, 0.2) is 5.38 Å². The summed E-state index contributed by atoms with van der Waals surface area (Å²) in [6.07, 6.45) is 6.21. The first-order chi connectivity index (χ1) is 9.17. The zero-order chi connectivity index (χ0) is 13.8. The number of nitrogens with one attached hydrogen (secondary N) is 1. The van der Waals surface area contributed by atoms with Crippen LogP contribution in [-0.2, 0) is 12.2 Å². The van der Waals surface area contributed by atoms with E-state index < -0.39 is 6.09 Å². The number of rotatable bonds is 4. The third kappa shape index (κ3) is 3.11. The average Bonchev–Trinajstić information content (AvgIpc) is 2.76. The molecule has 1 aliphatic rings. The summed E-state index contributed by atoms with van der Waals surface area (Å²) >= 11 is 0. The Kier molecular flexibility index (Phi) is 4.86. The molecule has 0 radical (unpaired) electrons. The predicted molar refractivity (Wildman–Crippen MR) is 78.8 cm³/mol. The van der Waals surface area contributed by atoms with Crippen molar-refractivity contribution in [3.8, 4) is 0 Å². The van der Waals surface area contributed by atoms with Gasteiger partial charge in [0.25, 0.3) is 0 Å². The number of amides is 1. The largest absolute Gasteiger partial charge is 0.530 e. The molecule has 1 aliphatic carbocycles. The monoisotopic (exact) mass is 281 g/mol. The van der Waals surface area contributed by atoms with Gasteiger partial charge in [-0.15, -0.1) is 0 Å². The Labute approximate surface area is 118 Å². The number of carboxylic acid groups (broad SMARTS) is 1. The molecule has 1 heterocycles. The highest BCUT2D eigenvalue weighted by Crippen LogP contribution is 2.45. The second-order valence-corrected chi connectivity index (χ2v) is 7.28. The van der Waals surface area contributed by atoms with Crippen LogP contribution in [0.5, 0.6) is 0 Å². The van der Waals surface area contributed by atoms with E-state index in [4.69, 9.17) is 0 Å². The smallest absolute Gasteiger partial charge is 0.249 e. The van der Waals surface area contributed by atoms with Gasteiger partial charge < -0.3 is 9.90 Å². The van der Waals surface area contributed by atoms with Crippen LogP contribution >= 0.6 is 10.5 Å². The molecule has 4 heteroatoms. The SMILES string of the molecule is CCc1c(C2CCCCC2)c[s+](CC)c1NC(=O)[O-]. The molecular weight excluding hydrogens is 258 g/mol. The van der Waals surface area contributed by atoms with Gasteiger partial charge in [0.15, 0.2) is 0 Å². The molecule has 1 atom stereocenters. The van der Waals surface area contributed by atoms with Crippen molar-refractivity contribution in [1.29, 1.82) is 0 Å². The third-order valence-electron chi connectivity index (χ3n) is 4.08. The molecule has 0 spiro atoms. The van der Waals surface area contributed by atoms with Gasteiger partial charge in [-0.25, -0.2) is 0 Å². The number of thiophene rings is 1. The molecule has 1 saturated carbocycles. The van der Waals surface area contributed by atoms with Crippen molar-refractivity contribution < 1.29 is 9.90 Å². The minimum Gasteiger partial charge on any atom is -0.530 e. The van der Waals surface area contributed by atoms with Gasteiger partial charge >= 0.3 is 0 Å². The van der Waals surface area contributed by atoms with Crippen LogP contribution in [0.3, 0.4) is 0 Å². The molecule has 0 aromatic carbocycles. The first-order valence-electron chi connectivity index (χ1n) is 7.30. The minimum atomic E-state index is -1.18. The van der Waals surface area contributed by atoms with Crippen molar-refractivity contribution in [1.82, 2.24) is 0 Å². The summed E-state index contributed by atoms with van der Waals surface area (Å²) in [5.74, 6) is 1.61. The number of carbonyl (C=O) groups excluding carboxylic acids is 1. The first kappa shape index (κ1) is 14.4. The topological polar surface area (TPSA) is 52.2 Å².